The van der Waals surface area contributed by atoms with Crippen LogP contribution in [0.1, 0.15) is 35.1 Å². The summed E-state index contributed by atoms with van der Waals surface area (Å²) in [6.07, 6.45) is 5.67. The van der Waals surface area contributed by atoms with E-state index in [2.05, 4.69) is 25.4 Å². The molecule has 0 saturated carbocycles. The number of likely N-dealkylation sites (tertiary alicyclic amines) is 1. The van der Waals surface area contributed by atoms with E-state index >= 15 is 0 Å². The molecule has 1 aliphatic rings. The predicted molar refractivity (Wildman–Crippen MR) is 98.7 cm³/mol. The quantitative estimate of drug-likeness (QED) is 0.736. The van der Waals surface area contributed by atoms with E-state index in [0.717, 1.165) is 42.2 Å². The van der Waals surface area contributed by atoms with Crippen LogP contribution in [0.5, 0.6) is 0 Å². The van der Waals surface area contributed by atoms with E-state index in [4.69, 9.17) is 4.98 Å². The second kappa shape index (κ2) is 7.43. The normalized spacial score (nSPS) is 17.5. The second-order valence-electron chi connectivity index (χ2n) is 6.34. The van der Waals surface area contributed by atoms with Gasteiger partial charge in [-0.1, -0.05) is 23.5 Å². The lowest BCUT2D eigenvalue weighted by molar-refractivity contribution is 0.244. The van der Waals surface area contributed by atoms with Gasteiger partial charge in [0.1, 0.15) is 10.8 Å². The molecule has 0 unspecified atom stereocenters. The van der Waals surface area contributed by atoms with Crippen molar-refractivity contribution >= 4 is 22.3 Å². The van der Waals surface area contributed by atoms with Crippen LogP contribution >= 0.6 is 11.3 Å². The van der Waals surface area contributed by atoms with Gasteiger partial charge in [-0.2, -0.15) is 0 Å². The molecule has 0 spiro atoms. The van der Waals surface area contributed by atoms with Crippen molar-refractivity contribution in [3.05, 3.63) is 58.7 Å². The molecule has 0 radical (unpaired) electrons. The number of hydrogen-bond acceptors (Lipinski definition) is 7. The Morgan fingerprint density at radius 2 is 2.08 bits per heavy atom. The fourth-order valence-corrected chi connectivity index (χ4v) is 3.83. The van der Waals surface area contributed by atoms with Crippen LogP contribution < -0.4 is 5.32 Å². The summed E-state index contributed by atoms with van der Waals surface area (Å²) in [5, 5.41) is 12.8. The molecule has 4 rings (SSSR count). The number of anilines is 2. The van der Waals surface area contributed by atoms with Crippen LogP contribution in [-0.2, 0) is 6.54 Å². The minimum atomic E-state index is -0.205. The minimum absolute atomic E-state index is 0.205. The van der Waals surface area contributed by atoms with E-state index in [1.54, 1.807) is 6.20 Å². The van der Waals surface area contributed by atoms with Gasteiger partial charge >= 0.3 is 0 Å². The molecule has 0 amide bonds. The summed E-state index contributed by atoms with van der Waals surface area (Å²) in [6.45, 7) is 3.69. The zero-order valence-corrected chi connectivity index (χ0v) is 15.2. The first-order valence-electron chi connectivity index (χ1n) is 8.55. The van der Waals surface area contributed by atoms with Gasteiger partial charge in [-0.3, -0.25) is 9.88 Å². The van der Waals surface area contributed by atoms with Crippen molar-refractivity contribution in [3.8, 4) is 0 Å². The number of hydrogen-bond donors (Lipinski definition) is 1. The van der Waals surface area contributed by atoms with Crippen molar-refractivity contribution in [1.82, 2.24) is 25.1 Å². The molecule has 1 N–H and O–H groups in total. The van der Waals surface area contributed by atoms with Gasteiger partial charge in [0.05, 0.1) is 24.1 Å². The summed E-state index contributed by atoms with van der Waals surface area (Å²) in [5.74, 6) is 0.468. The van der Waals surface area contributed by atoms with Crippen LogP contribution in [0.15, 0.2) is 36.7 Å². The molecule has 1 saturated heterocycles. The summed E-state index contributed by atoms with van der Waals surface area (Å²) < 4.78 is 13.1. The standard InChI is InChI=1S/C18H19FN6S/c1-12-23-24-18(26-12)22-17-10-20-9-15(21-17)16-3-2-8-25(16)11-13-4-6-14(19)7-5-13/h4-7,9-10,16H,2-3,8,11H2,1H3,(H,21,22,24)/t16-/m0/s1. The van der Waals surface area contributed by atoms with Gasteiger partial charge in [0.25, 0.3) is 0 Å². The van der Waals surface area contributed by atoms with Crippen LogP contribution in [-0.4, -0.2) is 31.6 Å². The molecule has 134 valence electrons. The fraction of sp³-hybridized carbons (Fsp3) is 0.333. The summed E-state index contributed by atoms with van der Waals surface area (Å²) in [5.41, 5.74) is 2.04. The van der Waals surface area contributed by atoms with Crippen molar-refractivity contribution in [3.63, 3.8) is 0 Å². The Morgan fingerprint density at radius 1 is 1.23 bits per heavy atom. The van der Waals surface area contributed by atoms with Gasteiger partial charge in [-0.25, -0.2) is 9.37 Å². The molecule has 8 heteroatoms. The molecule has 3 heterocycles. The first-order valence-corrected chi connectivity index (χ1v) is 9.36. The molecular weight excluding hydrogens is 351 g/mol. The van der Waals surface area contributed by atoms with Gasteiger partial charge in [0.15, 0.2) is 5.82 Å². The molecule has 1 atom stereocenters. The Balaban J connectivity index is 1.50. The number of benzene rings is 1. The van der Waals surface area contributed by atoms with Crippen LogP contribution in [0, 0.1) is 12.7 Å². The Hall–Kier alpha value is -2.45. The Morgan fingerprint density at radius 3 is 2.85 bits per heavy atom. The highest BCUT2D eigenvalue weighted by molar-refractivity contribution is 7.15. The average molecular weight is 370 g/mol. The Bertz CT molecular complexity index is 881. The SMILES string of the molecule is Cc1nnc(Nc2cncc([C@@H]3CCCN3Cc3ccc(F)cc3)n2)s1. The zero-order valence-electron chi connectivity index (χ0n) is 14.4. The van der Waals surface area contributed by atoms with Crippen LogP contribution in [0.2, 0.25) is 0 Å². The van der Waals surface area contributed by atoms with Crippen LogP contribution in [0.4, 0.5) is 15.3 Å². The Kier molecular flexibility index (Phi) is 4.85. The van der Waals surface area contributed by atoms with E-state index in [9.17, 15) is 4.39 Å². The topological polar surface area (TPSA) is 66.8 Å². The van der Waals surface area contributed by atoms with Gasteiger partial charge < -0.3 is 5.32 Å². The summed E-state index contributed by atoms with van der Waals surface area (Å²) in [4.78, 5) is 11.4. The average Bonchev–Trinajstić information content (AvgIpc) is 3.26. The molecule has 0 bridgehead atoms. The summed E-state index contributed by atoms with van der Waals surface area (Å²) in [7, 11) is 0. The fourth-order valence-electron chi connectivity index (χ4n) is 3.23. The molecule has 1 fully saturated rings. The first-order chi connectivity index (χ1) is 12.7. The van der Waals surface area contributed by atoms with Crippen molar-refractivity contribution in [2.45, 2.75) is 32.4 Å². The van der Waals surface area contributed by atoms with E-state index in [1.807, 2.05) is 25.3 Å². The summed E-state index contributed by atoms with van der Waals surface area (Å²) >= 11 is 1.48. The third-order valence-corrected chi connectivity index (χ3v) is 5.17. The van der Waals surface area contributed by atoms with E-state index in [1.165, 1.54) is 23.5 Å². The van der Waals surface area contributed by atoms with Gasteiger partial charge in [0, 0.05) is 6.54 Å². The first kappa shape index (κ1) is 17.0. The molecule has 3 aromatic rings. The van der Waals surface area contributed by atoms with E-state index in [-0.39, 0.29) is 11.9 Å². The minimum Gasteiger partial charge on any atom is -0.313 e. The van der Waals surface area contributed by atoms with Gasteiger partial charge in [-0.05, 0) is 44.0 Å². The molecular formula is C18H19FN6S. The maximum atomic E-state index is 13.1. The number of nitrogens with one attached hydrogen (secondary N) is 1. The summed E-state index contributed by atoms with van der Waals surface area (Å²) in [6, 6.07) is 6.91. The monoisotopic (exact) mass is 370 g/mol. The highest BCUT2D eigenvalue weighted by Crippen LogP contribution is 2.32. The third-order valence-electron chi connectivity index (χ3n) is 4.42. The number of aromatic nitrogens is 4. The highest BCUT2D eigenvalue weighted by atomic mass is 32.1. The number of halogens is 1. The molecule has 26 heavy (non-hydrogen) atoms. The Labute approximate surface area is 155 Å². The maximum Gasteiger partial charge on any atom is 0.211 e. The largest absolute Gasteiger partial charge is 0.313 e. The van der Waals surface area contributed by atoms with Crippen molar-refractivity contribution in [2.75, 3.05) is 11.9 Å². The smallest absolute Gasteiger partial charge is 0.211 e. The third kappa shape index (κ3) is 3.86. The number of rotatable bonds is 5. The molecule has 1 aliphatic heterocycles. The van der Waals surface area contributed by atoms with Gasteiger partial charge in [0.2, 0.25) is 5.13 Å². The van der Waals surface area contributed by atoms with E-state index in [0.29, 0.717) is 10.9 Å². The van der Waals surface area contributed by atoms with Crippen molar-refractivity contribution in [1.29, 1.82) is 0 Å². The van der Waals surface area contributed by atoms with Crippen LogP contribution in [0.3, 0.4) is 0 Å². The van der Waals surface area contributed by atoms with Crippen molar-refractivity contribution < 1.29 is 4.39 Å². The molecule has 2 aromatic heterocycles. The lowest BCUT2D eigenvalue weighted by Crippen LogP contribution is -2.23. The lowest BCUT2D eigenvalue weighted by atomic mass is 10.1. The van der Waals surface area contributed by atoms with Crippen LogP contribution in [0.25, 0.3) is 0 Å². The zero-order chi connectivity index (χ0) is 17.9. The molecule has 6 nitrogen and oxygen atoms in total. The number of aryl methyl sites for hydroxylation is 1. The number of nitrogens with zero attached hydrogens (tertiary/aromatic N) is 5. The second-order valence-corrected chi connectivity index (χ2v) is 7.52. The molecule has 1 aromatic carbocycles. The lowest BCUT2D eigenvalue weighted by Gasteiger charge is -2.24. The van der Waals surface area contributed by atoms with Crippen molar-refractivity contribution in [2.24, 2.45) is 0 Å². The van der Waals surface area contributed by atoms with E-state index < -0.39 is 0 Å². The molecule has 0 aliphatic carbocycles. The predicted octanol–water partition coefficient (Wildman–Crippen LogP) is 3.86. The maximum absolute atomic E-state index is 13.1. The van der Waals surface area contributed by atoms with Gasteiger partial charge in [-0.15, -0.1) is 10.2 Å². The highest BCUT2D eigenvalue weighted by Gasteiger charge is 2.27.